The monoisotopic (exact) mass is 268 g/mol. The Morgan fingerprint density at radius 1 is 1.42 bits per heavy atom. The van der Waals surface area contributed by atoms with Gasteiger partial charge in [0.15, 0.2) is 0 Å². The molecule has 0 aliphatic heterocycles. The fourth-order valence-electron chi connectivity index (χ4n) is 1.73. The van der Waals surface area contributed by atoms with E-state index in [-0.39, 0.29) is 0 Å². The summed E-state index contributed by atoms with van der Waals surface area (Å²) in [7, 11) is 3.51. The number of ether oxygens (including phenoxy) is 1. The number of rotatable bonds is 9. The molecule has 19 heavy (non-hydrogen) atoms. The van der Waals surface area contributed by atoms with Crippen LogP contribution in [0.4, 0.5) is 5.82 Å². The molecule has 0 radical (unpaired) electrons. The number of hydrogen-bond acceptors (Lipinski definition) is 6. The van der Waals surface area contributed by atoms with E-state index in [1.165, 1.54) is 0 Å². The number of nitrogens with one attached hydrogen (secondary N) is 1. The van der Waals surface area contributed by atoms with Crippen LogP contribution >= 0.6 is 0 Å². The molecule has 0 amide bonds. The lowest BCUT2D eigenvalue weighted by Crippen LogP contribution is -2.31. The standard InChI is InChI=1S/C13H24N4O2/c1-4-5-14-13-7-15-11(6-16-13)8-17(2)9-12(18)10-19-3/h6-7,12,18H,4-5,8-10H2,1-3H3,(H,14,16). The Hall–Kier alpha value is -1.24. The average Bonchev–Trinajstić information content (AvgIpc) is 2.38. The summed E-state index contributed by atoms with van der Waals surface area (Å²) in [5.74, 6) is 0.799. The van der Waals surface area contributed by atoms with E-state index in [1.807, 2.05) is 11.9 Å². The van der Waals surface area contributed by atoms with E-state index in [9.17, 15) is 5.11 Å². The molecule has 0 fully saturated rings. The van der Waals surface area contributed by atoms with Gasteiger partial charge in [-0.2, -0.15) is 0 Å². The van der Waals surface area contributed by atoms with E-state index < -0.39 is 6.10 Å². The van der Waals surface area contributed by atoms with Crippen LogP contribution in [-0.4, -0.2) is 59.9 Å². The van der Waals surface area contributed by atoms with Crippen LogP contribution in [0, 0.1) is 0 Å². The molecule has 0 aliphatic rings. The van der Waals surface area contributed by atoms with Crippen LogP contribution in [0.5, 0.6) is 0 Å². The Balaban J connectivity index is 2.39. The number of aliphatic hydroxyl groups excluding tert-OH is 1. The molecule has 6 nitrogen and oxygen atoms in total. The lowest BCUT2D eigenvalue weighted by Gasteiger charge is -2.19. The summed E-state index contributed by atoms with van der Waals surface area (Å²) in [5, 5.41) is 12.8. The molecule has 0 saturated carbocycles. The summed E-state index contributed by atoms with van der Waals surface area (Å²) < 4.78 is 4.90. The molecule has 1 unspecified atom stereocenters. The molecule has 2 N–H and O–H groups in total. The van der Waals surface area contributed by atoms with Crippen molar-refractivity contribution in [3.8, 4) is 0 Å². The highest BCUT2D eigenvalue weighted by atomic mass is 16.5. The second-order valence-electron chi connectivity index (χ2n) is 4.63. The van der Waals surface area contributed by atoms with Gasteiger partial charge in [0.05, 0.1) is 30.8 Å². The van der Waals surface area contributed by atoms with Crippen LogP contribution in [0.25, 0.3) is 0 Å². The first-order chi connectivity index (χ1) is 9.15. The summed E-state index contributed by atoms with van der Waals surface area (Å²) in [5.41, 5.74) is 0.883. The molecule has 108 valence electrons. The maximum Gasteiger partial charge on any atom is 0.144 e. The van der Waals surface area contributed by atoms with Crippen molar-refractivity contribution in [1.29, 1.82) is 0 Å². The maximum atomic E-state index is 9.63. The van der Waals surface area contributed by atoms with Gasteiger partial charge in [0.1, 0.15) is 5.82 Å². The Bertz CT molecular complexity index is 345. The smallest absolute Gasteiger partial charge is 0.144 e. The van der Waals surface area contributed by atoms with Crippen molar-refractivity contribution >= 4 is 5.82 Å². The number of methoxy groups -OCH3 is 1. The maximum absolute atomic E-state index is 9.63. The molecule has 1 aromatic rings. The minimum Gasteiger partial charge on any atom is -0.389 e. The zero-order chi connectivity index (χ0) is 14.1. The molecule has 0 bridgehead atoms. The SMILES string of the molecule is CCCNc1cnc(CN(C)CC(O)COC)cn1. The van der Waals surface area contributed by atoms with Gasteiger partial charge in [0.25, 0.3) is 0 Å². The third kappa shape index (κ3) is 6.47. The number of aromatic nitrogens is 2. The van der Waals surface area contributed by atoms with Crippen LogP contribution in [0.2, 0.25) is 0 Å². The minimum atomic E-state index is -0.478. The van der Waals surface area contributed by atoms with Crippen LogP contribution in [0.1, 0.15) is 19.0 Å². The second-order valence-corrected chi connectivity index (χ2v) is 4.63. The average molecular weight is 268 g/mol. The highest BCUT2D eigenvalue weighted by Gasteiger charge is 2.09. The number of likely N-dealkylation sites (N-methyl/N-ethyl adjacent to an activating group) is 1. The van der Waals surface area contributed by atoms with Crippen molar-refractivity contribution < 1.29 is 9.84 Å². The van der Waals surface area contributed by atoms with Gasteiger partial charge in [-0.3, -0.25) is 9.88 Å². The molecule has 0 aliphatic carbocycles. The zero-order valence-corrected chi connectivity index (χ0v) is 12.0. The Kier molecular flexibility index (Phi) is 7.32. The van der Waals surface area contributed by atoms with E-state index >= 15 is 0 Å². The van der Waals surface area contributed by atoms with E-state index in [0.717, 1.165) is 24.5 Å². The highest BCUT2D eigenvalue weighted by Crippen LogP contribution is 2.04. The lowest BCUT2D eigenvalue weighted by atomic mass is 10.3. The number of anilines is 1. The van der Waals surface area contributed by atoms with E-state index in [1.54, 1.807) is 19.5 Å². The summed E-state index contributed by atoms with van der Waals surface area (Å²) in [4.78, 5) is 10.6. The normalized spacial score (nSPS) is 12.7. The minimum absolute atomic E-state index is 0.343. The van der Waals surface area contributed by atoms with Crippen molar-refractivity contribution in [2.75, 3.05) is 39.2 Å². The topological polar surface area (TPSA) is 70.5 Å². The third-order valence-corrected chi connectivity index (χ3v) is 2.57. The first-order valence-corrected chi connectivity index (χ1v) is 6.56. The lowest BCUT2D eigenvalue weighted by molar-refractivity contribution is 0.0416. The van der Waals surface area contributed by atoms with Gasteiger partial charge in [-0.25, -0.2) is 4.98 Å². The second kappa shape index (κ2) is 8.79. The van der Waals surface area contributed by atoms with Crippen LogP contribution in [-0.2, 0) is 11.3 Å². The van der Waals surface area contributed by atoms with Gasteiger partial charge in [-0.1, -0.05) is 6.92 Å². The molecular weight excluding hydrogens is 244 g/mol. The fraction of sp³-hybridized carbons (Fsp3) is 0.692. The summed E-state index contributed by atoms with van der Waals surface area (Å²) in [6, 6.07) is 0. The van der Waals surface area contributed by atoms with Gasteiger partial charge >= 0.3 is 0 Å². The van der Waals surface area contributed by atoms with Gasteiger partial charge in [-0.15, -0.1) is 0 Å². The van der Waals surface area contributed by atoms with Crippen molar-refractivity contribution in [2.24, 2.45) is 0 Å². The molecule has 0 spiro atoms. The Morgan fingerprint density at radius 2 is 2.21 bits per heavy atom. The van der Waals surface area contributed by atoms with Crippen LogP contribution < -0.4 is 5.32 Å². The molecule has 1 atom stereocenters. The molecule has 1 aromatic heterocycles. The van der Waals surface area contributed by atoms with Crippen LogP contribution in [0.15, 0.2) is 12.4 Å². The predicted molar refractivity (Wildman–Crippen MR) is 75.0 cm³/mol. The molecule has 0 saturated heterocycles. The van der Waals surface area contributed by atoms with Gasteiger partial charge in [0.2, 0.25) is 0 Å². The number of hydrogen-bond donors (Lipinski definition) is 2. The summed E-state index contributed by atoms with van der Waals surface area (Å²) in [6.45, 7) is 4.55. The van der Waals surface area contributed by atoms with E-state index in [2.05, 4.69) is 22.2 Å². The van der Waals surface area contributed by atoms with Gasteiger partial charge in [-0.05, 0) is 13.5 Å². The highest BCUT2D eigenvalue weighted by molar-refractivity contribution is 5.30. The first-order valence-electron chi connectivity index (χ1n) is 6.56. The molecule has 0 aromatic carbocycles. The number of nitrogens with zero attached hydrogens (tertiary/aromatic N) is 3. The summed E-state index contributed by atoms with van der Waals surface area (Å²) in [6.07, 6.45) is 4.08. The van der Waals surface area contributed by atoms with Crippen LogP contribution in [0.3, 0.4) is 0 Å². The van der Waals surface area contributed by atoms with Crippen molar-refractivity contribution in [3.63, 3.8) is 0 Å². The van der Waals surface area contributed by atoms with Gasteiger partial charge in [0, 0.05) is 26.7 Å². The van der Waals surface area contributed by atoms with Crippen molar-refractivity contribution in [3.05, 3.63) is 18.1 Å². The van der Waals surface area contributed by atoms with Crippen molar-refractivity contribution in [1.82, 2.24) is 14.9 Å². The first kappa shape index (κ1) is 15.8. The zero-order valence-electron chi connectivity index (χ0n) is 12.0. The fourth-order valence-corrected chi connectivity index (χ4v) is 1.73. The van der Waals surface area contributed by atoms with Crippen molar-refractivity contribution in [2.45, 2.75) is 26.0 Å². The Labute approximate surface area is 114 Å². The largest absolute Gasteiger partial charge is 0.389 e. The molecule has 1 heterocycles. The molecule has 1 rings (SSSR count). The molecular formula is C13H24N4O2. The van der Waals surface area contributed by atoms with E-state index in [0.29, 0.717) is 19.7 Å². The predicted octanol–water partition coefficient (Wildman–Crippen LogP) is 0.738. The Morgan fingerprint density at radius 3 is 2.79 bits per heavy atom. The van der Waals surface area contributed by atoms with Gasteiger partial charge < -0.3 is 15.2 Å². The third-order valence-electron chi connectivity index (χ3n) is 2.57. The number of aliphatic hydroxyl groups is 1. The quantitative estimate of drug-likeness (QED) is 0.688. The molecule has 6 heteroatoms. The van der Waals surface area contributed by atoms with E-state index in [4.69, 9.17) is 4.74 Å². The summed E-state index contributed by atoms with van der Waals surface area (Å²) >= 11 is 0.